The first-order valence-corrected chi connectivity index (χ1v) is 8.61. The van der Waals surface area contributed by atoms with E-state index in [9.17, 15) is 5.11 Å². The van der Waals surface area contributed by atoms with Gasteiger partial charge in [-0.15, -0.1) is 0 Å². The smallest absolute Gasteiger partial charge is 0.122 e. The van der Waals surface area contributed by atoms with Crippen molar-refractivity contribution in [3.8, 4) is 5.75 Å². The van der Waals surface area contributed by atoms with Crippen molar-refractivity contribution in [2.24, 2.45) is 0 Å². The lowest BCUT2D eigenvalue weighted by Crippen LogP contribution is -2.28. The van der Waals surface area contributed by atoms with Gasteiger partial charge in [-0.25, -0.2) is 0 Å². The van der Waals surface area contributed by atoms with Crippen LogP contribution in [0.15, 0.2) is 24.3 Å². The summed E-state index contributed by atoms with van der Waals surface area (Å²) in [6.07, 6.45) is 9.01. The van der Waals surface area contributed by atoms with Crippen LogP contribution in [0.2, 0.25) is 5.02 Å². The molecule has 0 amide bonds. The quantitative estimate of drug-likeness (QED) is 0.538. The molecule has 2 nitrogen and oxygen atoms in total. The monoisotopic (exact) mass is 312 g/mol. The molecule has 2 unspecified atom stereocenters. The van der Waals surface area contributed by atoms with Crippen molar-refractivity contribution in [2.75, 3.05) is 0 Å². The van der Waals surface area contributed by atoms with E-state index in [1.165, 1.54) is 38.5 Å². The highest BCUT2D eigenvalue weighted by molar-refractivity contribution is 6.30. The number of benzene rings is 1. The molecule has 1 aromatic carbocycles. The Morgan fingerprint density at radius 1 is 1.10 bits per heavy atom. The summed E-state index contributed by atoms with van der Waals surface area (Å²) in [5.74, 6) is 0.716. The van der Waals surface area contributed by atoms with E-state index in [0.29, 0.717) is 10.8 Å². The molecule has 1 aromatic rings. The SMILES string of the molecule is CCCCCCCCCC(O)C(C)Oc1cccc(Cl)c1. The molecule has 0 aliphatic rings. The summed E-state index contributed by atoms with van der Waals surface area (Å²) in [7, 11) is 0. The zero-order valence-corrected chi connectivity index (χ0v) is 14.1. The van der Waals surface area contributed by atoms with Gasteiger partial charge in [0.1, 0.15) is 11.9 Å². The molecule has 0 radical (unpaired) electrons. The van der Waals surface area contributed by atoms with Crippen LogP contribution in [0.25, 0.3) is 0 Å². The van der Waals surface area contributed by atoms with E-state index in [0.717, 1.165) is 12.8 Å². The van der Waals surface area contributed by atoms with Crippen molar-refractivity contribution in [1.29, 1.82) is 0 Å². The molecule has 0 saturated carbocycles. The molecule has 0 aliphatic heterocycles. The lowest BCUT2D eigenvalue weighted by molar-refractivity contribution is 0.0400. The average molecular weight is 313 g/mol. The maximum absolute atomic E-state index is 10.1. The number of unbranched alkanes of at least 4 members (excludes halogenated alkanes) is 6. The number of hydrogen-bond acceptors (Lipinski definition) is 2. The minimum absolute atomic E-state index is 0.205. The van der Waals surface area contributed by atoms with E-state index in [-0.39, 0.29) is 6.10 Å². The summed E-state index contributed by atoms with van der Waals surface area (Å²) in [6.45, 7) is 4.14. The number of ether oxygens (including phenoxy) is 1. The highest BCUT2D eigenvalue weighted by Crippen LogP contribution is 2.20. The van der Waals surface area contributed by atoms with Gasteiger partial charge in [0, 0.05) is 5.02 Å². The van der Waals surface area contributed by atoms with Crippen molar-refractivity contribution in [1.82, 2.24) is 0 Å². The number of rotatable bonds is 11. The van der Waals surface area contributed by atoms with Crippen LogP contribution in [0, 0.1) is 0 Å². The van der Waals surface area contributed by atoms with Gasteiger partial charge in [0.15, 0.2) is 0 Å². The van der Waals surface area contributed by atoms with Crippen LogP contribution in [0.3, 0.4) is 0 Å². The van der Waals surface area contributed by atoms with Gasteiger partial charge >= 0.3 is 0 Å². The predicted molar refractivity (Wildman–Crippen MR) is 90.2 cm³/mol. The number of halogens is 1. The van der Waals surface area contributed by atoms with Crippen LogP contribution in [-0.4, -0.2) is 17.3 Å². The third-order valence-corrected chi connectivity index (χ3v) is 4.00. The first-order valence-electron chi connectivity index (χ1n) is 8.23. The summed E-state index contributed by atoms with van der Waals surface area (Å²) in [4.78, 5) is 0. The summed E-state index contributed by atoms with van der Waals surface area (Å²) >= 11 is 5.92. The topological polar surface area (TPSA) is 29.5 Å². The van der Waals surface area contributed by atoms with Gasteiger partial charge in [0.05, 0.1) is 6.10 Å². The molecule has 0 fully saturated rings. The molecule has 120 valence electrons. The maximum atomic E-state index is 10.1. The second-order valence-electron chi connectivity index (χ2n) is 5.76. The van der Waals surface area contributed by atoms with Crippen LogP contribution < -0.4 is 4.74 Å². The van der Waals surface area contributed by atoms with E-state index < -0.39 is 6.10 Å². The van der Waals surface area contributed by atoms with Gasteiger partial charge in [0.2, 0.25) is 0 Å². The standard InChI is InChI=1S/C18H29ClO2/c1-3-4-5-6-7-8-9-13-18(20)15(2)21-17-12-10-11-16(19)14-17/h10-12,14-15,18,20H,3-9,13H2,1-2H3. The highest BCUT2D eigenvalue weighted by Gasteiger charge is 2.15. The number of aliphatic hydroxyl groups is 1. The van der Waals surface area contributed by atoms with Crippen LogP contribution in [0.1, 0.15) is 65.2 Å². The second-order valence-corrected chi connectivity index (χ2v) is 6.19. The zero-order chi connectivity index (χ0) is 15.5. The van der Waals surface area contributed by atoms with Crippen LogP contribution in [0.4, 0.5) is 0 Å². The van der Waals surface area contributed by atoms with Crippen LogP contribution in [-0.2, 0) is 0 Å². The van der Waals surface area contributed by atoms with Gasteiger partial charge in [-0.1, -0.05) is 69.5 Å². The molecule has 1 rings (SSSR count). The summed E-state index contributed by atoms with van der Waals surface area (Å²) in [5.41, 5.74) is 0. The van der Waals surface area contributed by atoms with E-state index in [1.807, 2.05) is 25.1 Å². The zero-order valence-electron chi connectivity index (χ0n) is 13.4. The molecule has 0 aromatic heterocycles. The van der Waals surface area contributed by atoms with Crippen molar-refractivity contribution in [3.05, 3.63) is 29.3 Å². The lowest BCUT2D eigenvalue weighted by atomic mass is 10.0. The Morgan fingerprint density at radius 2 is 1.76 bits per heavy atom. The first kappa shape index (κ1) is 18.3. The first-order chi connectivity index (χ1) is 10.1. The van der Waals surface area contributed by atoms with E-state index in [1.54, 1.807) is 6.07 Å². The van der Waals surface area contributed by atoms with Gasteiger partial charge in [0.25, 0.3) is 0 Å². The third kappa shape index (κ3) is 8.33. The predicted octanol–water partition coefficient (Wildman–Crippen LogP) is 5.61. The second kappa shape index (κ2) is 10.9. The molecule has 0 heterocycles. The maximum Gasteiger partial charge on any atom is 0.122 e. The lowest BCUT2D eigenvalue weighted by Gasteiger charge is -2.20. The molecular weight excluding hydrogens is 284 g/mol. The minimum Gasteiger partial charge on any atom is -0.488 e. The van der Waals surface area contributed by atoms with Crippen molar-refractivity contribution < 1.29 is 9.84 Å². The fourth-order valence-electron chi connectivity index (χ4n) is 2.38. The Hall–Kier alpha value is -0.730. The van der Waals surface area contributed by atoms with Crippen LogP contribution >= 0.6 is 11.6 Å². The van der Waals surface area contributed by atoms with Gasteiger partial charge in [-0.05, 0) is 31.5 Å². The molecule has 3 heteroatoms. The van der Waals surface area contributed by atoms with Crippen LogP contribution in [0.5, 0.6) is 5.75 Å². The largest absolute Gasteiger partial charge is 0.488 e. The number of hydrogen-bond donors (Lipinski definition) is 1. The van der Waals surface area contributed by atoms with E-state index in [4.69, 9.17) is 16.3 Å². The van der Waals surface area contributed by atoms with Gasteiger partial charge < -0.3 is 9.84 Å². The Balaban J connectivity index is 2.15. The van der Waals surface area contributed by atoms with Crippen molar-refractivity contribution >= 4 is 11.6 Å². The minimum atomic E-state index is -0.417. The molecule has 0 aliphatic carbocycles. The Morgan fingerprint density at radius 3 is 2.43 bits per heavy atom. The molecule has 21 heavy (non-hydrogen) atoms. The van der Waals surface area contributed by atoms with Crippen molar-refractivity contribution in [3.63, 3.8) is 0 Å². The molecule has 0 spiro atoms. The van der Waals surface area contributed by atoms with Gasteiger partial charge in [-0.3, -0.25) is 0 Å². The fourth-order valence-corrected chi connectivity index (χ4v) is 2.56. The normalized spacial score (nSPS) is 13.9. The van der Waals surface area contributed by atoms with E-state index in [2.05, 4.69) is 6.92 Å². The highest BCUT2D eigenvalue weighted by atomic mass is 35.5. The summed E-state index contributed by atoms with van der Waals surface area (Å²) in [5, 5.41) is 10.8. The van der Waals surface area contributed by atoms with E-state index >= 15 is 0 Å². The van der Waals surface area contributed by atoms with Crippen molar-refractivity contribution in [2.45, 2.75) is 77.4 Å². The molecule has 1 N–H and O–H groups in total. The van der Waals surface area contributed by atoms with Gasteiger partial charge in [-0.2, -0.15) is 0 Å². The summed E-state index contributed by atoms with van der Waals surface area (Å²) in [6, 6.07) is 7.31. The number of aliphatic hydroxyl groups excluding tert-OH is 1. The molecule has 0 bridgehead atoms. The Kier molecular flexibility index (Phi) is 9.53. The molecular formula is C18H29ClO2. The third-order valence-electron chi connectivity index (χ3n) is 3.76. The Bertz CT molecular complexity index is 381. The fraction of sp³-hybridized carbons (Fsp3) is 0.667. The summed E-state index contributed by atoms with van der Waals surface area (Å²) < 4.78 is 5.73. The molecule has 0 saturated heterocycles. The Labute approximate surface area is 134 Å². The molecule has 2 atom stereocenters. The average Bonchev–Trinajstić information content (AvgIpc) is 2.46.